The molecule has 2 heteroatoms. The Morgan fingerprint density at radius 3 is 2.71 bits per heavy atom. The van der Waals surface area contributed by atoms with Crippen molar-refractivity contribution < 1.29 is 0 Å². The van der Waals surface area contributed by atoms with Crippen molar-refractivity contribution in [1.82, 2.24) is 5.32 Å². The van der Waals surface area contributed by atoms with Crippen LogP contribution in [0.3, 0.4) is 0 Å². The molecule has 1 unspecified atom stereocenters. The summed E-state index contributed by atoms with van der Waals surface area (Å²) >= 11 is 3.63. The summed E-state index contributed by atoms with van der Waals surface area (Å²) in [6.07, 6.45) is 2.73. The van der Waals surface area contributed by atoms with Gasteiger partial charge in [-0.05, 0) is 44.4 Å². The first kappa shape index (κ1) is 10.2. The standard InChI is InChI=1S/C12H16BrN/c1-8-3-6-11(13)10(7-8)12(14-2)9-4-5-9/h3,6-7,9,12,14H,4-5H2,1-2H3. The number of nitrogens with one attached hydrogen (secondary N) is 1. The zero-order valence-corrected chi connectivity index (χ0v) is 10.3. The molecule has 0 amide bonds. The Morgan fingerprint density at radius 1 is 1.43 bits per heavy atom. The maximum absolute atomic E-state index is 3.63. The Bertz CT molecular complexity index is 331. The van der Waals surface area contributed by atoms with Crippen molar-refractivity contribution in [2.75, 3.05) is 7.05 Å². The minimum Gasteiger partial charge on any atom is -0.313 e. The van der Waals surface area contributed by atoms with E-state index in [1.54, 1.807) is 0 Å². The van der Waals surface area contributed by atoms with E-state index in [-0.39, 0.29) is 0 Å². The highest BCUT2D eigenvalue weighted by Crippen LogP contribution is 2.42. The van der Waals surface area contributed by atoms with E-state index in [9.17, 15) is 0 Å². The van der Waals surface area contributed by atoms with Crippen molar-refractivity contribution in [3.8, 4) is 0 Å². The van der Waals surface area contributed by atoms with Gasteiger partial charge in [-0.25, -0.2) is 0 Å². The Hall–Kier alpha value is -0.340. The van der Waals surface area contributed by atoms with Crippen molar-refractivity contribution in [2.45, 2.75) is 25.8 Å². The van der Waals surface area contributed by atoms with Gasteiger partial charge < -0.3 is 5.32 Å². The lowest BCUT2D eigenvalue weighted by Crippen LogP contribution is -2.18. The minimum absolute atomic E-state index is 0.532. The molecule has 1 aliphatic rings. The second-order valence-electron chi connectivity index (χ2n) is 4.13. The summed E-state index contributed by atoms with van der Waals surface area (Å²) in [6, 6.07) is 7.11. The second-order valence-corrected chi connectivity index (χ2v) is 4.98. The summed E-state index contributed by atoms with van der Waals surface area (Å²) in [5.41, 5.74) is 2.75. The number of benzene rings is 1. The van der Waals surface area contributed by atoms with Gasteiger partial charge in [0.1, 0.15) is 0 Å². The molecule has 0 aliphatic heterocycles. The highest BCUT2D eigenvalue weighted by molar-refractivity contribution is 9.10. The highest BCUT2D eigenvalue weighted by Gasteiger charge is 2.32. The largest absolute Gasteiger partial charge is 0.313 e. The van der Waals surface area contributed by atoms with E-state index in [4.69, 9.17) is 0 Å². The van der Waals surface area contributed by atoms with Gasteiger partial charge in [-0.1, -0.05) is 33.6 Å². The fraction of sp³-hybridized carbons (Fsp3) is 0.500. The van der Waals surface area contributed by atoms with E-state index in [0.717, 1.165) is 5.92 Å². The summed E-state index contributed by atoms with van der Waals surface area (Å²) in [5, 5.41) is 3.42. The molecule has 1 nitrogen and oxygen atoms in total. The first-order valence-corrected chi connectivity index (χ1v) is 5.95. The molecule has 76 valence electrons. The van der Waals surface area contributed by atoms with Crippen LogP contribution in [0, 0.1) is 12.8 Å². The van der Waals surface area contributed by atoms with Crippen LogP contribution < -0.4 is 5.32 Å². The second kappa shape index (κ2) is 4.03. The molecule has 1 aromatic rings. The van der Waals surface area contributed by atoms with Crippen molar-refractivity contribution in [3.63, 3.8) is 0 Å². The Labute approximate surface area is 94.0 Å². The lowest BCUT2D eigenvalue weighted by atomic mass is 10.0. The Kier molecular flexibility index (Phi) is 2.93. The molecule has 1 saturated carbocycles. The fourth-order valence-corrected chi connectivity index (χ4v) is 2.47. The molecule has 0 radical (unpaired) electrons. The molecule has 0 heterocycles. The van der Waals surface area contributed by atoms with Crippen LogP contribution in [-0.4, -0.2) is 7.05 Å². The Morgan fingerprint density at radius 2 is 2.14 bits per heavy atom. The molecular weight excluding hydrogens is 238 g/mol. The summed E-state index contributed by atoms with van der Waals surface area (Å²) in [6.45, 7) is 2.15. The normalized spacial score (nSPS) is 18.2. The smallest absolute Gasteiger partial charge is 0.0357 e. The molecular formula is C12H16BrN. The van der Waals surface area contributed by atoms with E-state index in [1.807, 2.05) is 0 Å². The molecule has 1 atom stereocenters. The molecule has 0 spiro atoms. The summed E-state index contributed by atoms with van der Waals surface area (Å²) in [5.74, 6) is 0.845. The third-order valence-electron chi connectivity index (χ3n) is 2.89. The maximum Gasteiger partial charge on any atom is 0.0357 e. The van der Waals surface area contributed by atoms with Gasteiger partial charge in [0.15, 0.2) is 0 Å². The topological polar surface area (TPSA) is 12.0 Å². The lowest BCUT2D eigenvalue weighted by molar-refractivity contribution is 0.526. The minimum atomic E-state index is 0.532. The molecule has 2 rings (SSSR count). The molecule has 0 saturated heterocycles. The van der Waals surface area contributed by atoms with Crippen molar-refractivity contribution in [2.24, 2.45) is 5.92 Å². The van der Waals surface area contributed by atoms with Crippen LogP contribution in [0.15, 0.2) is 22.7 Å². The maximum atomic E-state index is 3.63. The van der Waals surface area contributed by atoms with E-state index in [2.05, 4.69) is 53.4 Å². The van der Waals surface area contributed by atoms with Gasteiger partial charge in [0, 0.05) is 10.5 Å². The molecule has 1 aromatic carbocycles. The molecule has 1 aliphatic carbocycles. The number of halogens is 1. The van der Waals surface area contributed by atoms with E-state index in [0.29, 0.717) is 6.04 Å². The van der Waals surface area contributed by atoms with Gasteiger partial charge in [-0.15, -0.1) is 0 Å². The summed E-state index contributed by atoms with van der Waals surface area (Å²) in [7, 11) is 2.05. The SMILES string of the molecule is CNC(c1cc(C)ccc1Br)C1CC1. The first-order valence-electron chi connectivity index (χ1n) is 5.15. The van der Waals surface area contributed by atoms with Gasteiger partial charge >= 0.3 is 0 Å². The lowest BCUT2D eigenvalue weighted by Gasteiger charge is -2.18. The van der Waals surface area contributed by atoms with Crippen LogP contribution in [0.1, 0.15) is 30.0 Å². The van der Waals surface area contributed by atoms with Crippen molar-refractivity contribution in [1.29, 1.82) is 0 Å². The quantitative estimate of drug-likeness (QED) is 0.871. The van der Waals surface area contributed by atoms with Gasteiger partial charge in [-0.3, -0.25) is 0 Å². The third-order valence-corrected chi connectivity index (χ3v) is 3.61. The molecule has 0 bridgehead atoms. The summed E-state index contributed by atoms with van der Waals surface area (Å²) in [4.78, 5) is 0. The fourth-order valence-electron chi connectivity index (χ4n) is 1.98. The number of rotatable bonds is 3. The predicted molar refractivity (Wildman–Crippen MR) is 63.4 cm³/mol. The van der Waals surface area contributed by atoms with Gasteiger partial charge in [0.2, 0.25) is 0 Å². The zero-order valence-electron chi connectivity index (χ0n) is 8.68. The molecule has 1 N–H and O–H groups in total. The van der Waals surface area contributed by atoms with Crippen LogP contribution in [0.4, 0.5) is 0 Å². The van der Waals surface area contributed by atoms with Crippen LogP contribution in [0.25, 0.3) is 0 Å². The van der Waals surface area contributed by atoms with E-state index >= 15 is 0 Å². The predicted octanol–water partition coefficient (Wildman–Crippen LogP) is 3.43. The van der Waals surface area contributed by atoms with Gasteiger partial charge in [0.05, 0.1) is 0 Å². The number of aryl methyl sites for hydroxylation is 1. The van der Waals surface area contributed by atoms with Crippen LogP contribution in [0.2, 0.25) is 0 Å². The Balaban J connectivity index is 2.32. The average molecular weight is 254 g/mol. The zero-order chi connectivity index (χ0) is 10.1. The van der Waals surface area contributed by atoms with E-state index in [1.165, 1.54) is 28.4 Å². The van der Waals surface area contributed by atoms with Gasteiger partial charge in [0.25, 0.3) is 0 Å². The monoisotopic (exact) mass is 253 g/mol. The number of hydrogen-bond acceptors (Lipinski definition) is 1. The van der Waals surface area contributed by atoms with E-state index < -0.39 is 0 Å². The van der Waals surface area contributed by atoms with Gasteiger partial charge in [-0.2, -0.15) is 0 Å². The number of hydrogen-bond donors (Lipinski definition) is 1. The average Bonchev–Trinajstić information content (AvgIpc) is 2.96. The molecule has 1 fully saturated rings. The first-order chi connectivity index (χ1) is 6.72. The molecule has 0 aromatic heterocycles. The van der Waals surface area contributed by atoms with Crippen molar-refractivity contribution in [3.05, 3.63) is 33.8 Å². The molecule has 14 heavy (non-hydrogen) atoms. The van der Waals surface area contributed by atoms with Crippen LogP contribution in [-0.2, 0) is 0 Å². The highest BCUT2D eigenvalue weighted by atomic mass is 79.9. The third kappa shape index (κ3) is 2.01. The van der Waals surface area contributed by atoms with Crippen LogP contribution in [0.5, 0.6) is 0 Å². The van der Waals surface area contributed by atoms with Crippen molar-refractivity contribution >= 4 is 15.9 Å². The summed E-state index contributed by atoms with van der Waals surface area (Å²) < 4.78 is 1.23. The van der Waals surface area contributed by atoms with Crippen LogP contribution >= 0.6 is 15.9 Å².